The molecule has 2 heterocycles. The Morgan fingerprint density at radius 1 is 1.41 bits per heavy atom. The smallest absolute Gasteiger partial charge is 0.363 e. The van der Waals surface area contributed by atoms with Crippen LogP contribution in [0, 0.1) is 12.7 Å². The first-order valence-electron chi connectivity index (χ1n) is 6.23. The van der Waals surface area contributed by atoms with Gasteiger partial charge in [-0.25, -0.2) is 14.2 Å². The second-order valence-corrected chi connectivity index (χ2v) is 6.48. The lowest BCUT2D eigenvalue weighted by Crippen LogP contribution is -2.11. The number of aromatic nitrogens is 1. The molecular formula is C15H9BrFNO3S. The zero-order chi connectivity index (χ0) is 15.7. The maximum atomic E-state index is 13.7. The predicted octanol–water partition coefficient (Wildman–Crippen LogP) is 4.83. The minimum absolute atomic E-state index is 0.139. The van der Waals surface area contributed by atoms with Crippen LogP contribution in [0.2, 0.25) is 0 Å². The molecule has 0 unspecified atom stereocenters. The number of hydrogen-bond donors (Lipinski definition) is 0. The molecule has 0 saturated carbocycles. The molecule has 0 N–H and O–H groups in total. The van der Waals surface area contributed by atoms with E-state index in [4.69, 9.17) is 9.15 Å². The number of nitrogens with zero attached hydrogens (tertiary/aromatic N) is 1. The quantitative estimate of drug-likeness (QED) is 0.481. The van der Waals surface area contributed by atoms with Gasteiger partial charge < -0.3 is 9.15 Å². The molecule has 7 heteroatoms. The van der Waals surface area contributed by atoms with Crippen molar-refractivity contribution in [2.24, 2.45) is 0 Å². The number of esters is 1. The van der Waals surface area contributed by atoms with Gasteiger partial charge in [-0.05, 0) is 37.3 Å². The highest BCUT2D eigenvalue weighted by Gasteiger charge is 2.20. The van der Waals surface area contributed by atoms with Gasteiger partial charge in [0.05, 0.1) is 6.26 Å². The van der Waals surface area contributed by atoms with Crippen LogP contribution in [0.5, 0.6) is 5.75 Å². The highest BCUT2D eigenvalue weighted by atomic mass is 79.9. The summed E-state index contributed by atoms with van der Waals surface area (Å²) in [7, 11) is 0. The molecular weight excluding hydrogens is 373 g/mol. The van der Waals surface area contributed by atoms with Crippen LogP contribution in [0.1, 0.15) is 15.4 Å². The van der Waals surface area contributed by atoms with Gasteiger partial charge in [0.1, 0.15) is 0 Å². The van der Waals surface area contributed by atoms with Crippen LogP contribution in [0.25, 0.3) is 10.8 Å². The van der Waals surface area contributed by atoms with Crippen LogP contribution in [0.4, 0.5) is 4.39 Å². The first-order valence-corrected chi connectivity index (χ1v) is 7.84. The largest absolute Gasteiger partial charge is 0.462 e. The standard InChI is InChI=1S/C15H9BrFNO3S/c1-8-13(18-14(22-8)12-3-2-6-20-12)15(19)21-11-5-4-9(16)7-10(11)17/h2-7H,1H3. The minimum atomic E-state index is -0.701. The summed E-state index contributed by atoms with van der Waals surface area (Å²) < 4.78 is 24.6. The average molecular weight is 382 g/mol. The SMILES string of the molecule is Cc1sc(-c2ccco2)nc1C(=O)Oc1ccc(Br)cc1F. The minimum Gasteiger partial charge on any atom is -0.462 e. The number of hydrogen-bond acceptors (Lipinski definition) is 5. The number of ether oxygens (including phenoxy) is 1. The molecule has 3 aromatic rings. The van der Waals surface area contributed by atoms with Crippen LogP contribution in [-0.2, 0) is 0 Å². The van der Waals surface area contributed by atoms with Crippen molar-refractivity contribution in [2.75, 3.05) is 0 Å². The highest BCUT2D eigenvalue weighted by Crippen LogP contribution is 2.29. The second kappa shape index (κ2) is 6.02. The number of carbonyl (C=O) groups is 1. The van der Waals surface area contributed by atoms with Gasteiger partial charge in [-0.3, -0.25) is 0 Å². The van der Waals surface area contributed by atoms with Crippen LogP contribution in [0.3, 0.4) is 0 Å². The van der Waals surface area contributed by atoms with E-state index in [0.29, 0.717) is 20.1 Å². The van der Waals surface area contributed by atoms with Crippen LogP contribution in [0.15, 0.2) is 45.5 Å². The number of halogens is 2. The molecule has 0 fully saturated rings. The van der Waals surface area contributed by atoms with Gasteiger partial charge in [-0.2, -0.15) is 0 Å². The van der Waals surface area contributed by atoms with Crippen LogP contribution >= 0.6 is 27.3 Å². The van der Waals surface area contributed by atoms with Gasteiger partial charge in [0.25, 0.3) is 0 Å². The summed E-state index contributed by atoms with van der Waals surface area (Å²) in [6.45, 7) is 1.75. The van der Waals surface area contributed by atoms with Crippen molar-refractivity contribution < 1.29 is 18.3 Å². The van der Waals surface area contributed by atoms with Crippen molar-refractivity contribution in [1.29, 1.82) is 0 Å². The number of rotatable bonds is 3. The van der Waals surface area contributed by atoms with Crippen molar-refractivity contribution >= 4 is 33.2 Å². The van der Waals surface area contributed by atoms with E-state index in [0.717, 1.165) is 0 Å². The molecule has 0 aliphatic rings. The summed E-state index contributed by atoms with van der Waals surface area (Å²) in [5.74, 6) is -0.892. The van der Waals surface area contributed by atoms with Gasteiger partial charge in [-0.1, -0.05) is 15.9 Å². The number of carbonyl (C=O) groups excluding carboxylic acids is 1. The Morgan fingerprint density at radius 3 is 2.91 bits per heavy atom. The molecule has 0 radical (unpaired) electrons. The van der Waals surface area contributed by atoms with E-state index in [1.807, 2.05) is 0 Å². The fourth-order valence-electron chi connectivity index (χ4n) is 1.80. The Bertz CT molecular complexity index is 829. The Hall–Kier alpha value is -1.99. The lowest BCUT2D eigenvalue weighted by molar-refractivity contribution is 0.0722. The molecule has 3 rings (SSSR count). The van der Waals surface area contributed by atoms with Crippen molar-refractivity contribution in [3.63, 3.8) is 0 Å². The third-order valence-electron chi connectivity index (χ3n) is 2.82. The summed E-state index contributed by atoms with van der Waals surface area (Å²) in [6.07, 6.45) is 1.53. The van der Waals surface area contributed by atoms with Crippen molar-refractivity contribution in [1.82, 2.24) is 4.98 Å². The summed E-state index contributed by atoms with van der Waals surface area (Å²) >= 11 is 4.45. The summed E-state index contributed by atoms with van der Waals surface area (Å²) in [5, 5.41) is 0.575. The molecule has 0 aliphatic heterocycles. The summed E-state index contributed by atoms with van der Waals surface area (Å²) in [4.78, 5) is 17.1. The molecule has 0 bridgehead atoms. The molecule has 0 saturated heterocycles. The summed E-state index contributed by atoms with van der Waals surface area (Å²) in [6, 6.07) is 7.69. The molecule has 112 valence electrons. The topological polar surface area (TPSA) is 52.3 Å². The number of furan rings is 1. The first kappa shape index (κ1) is 14.9. The Balaban J connectivity index is 1.86. The highest BCUT2D eigenvalue weighted by molar-refractivity contribution is 9.10. The maximum absolute atomic E-state index is 13.7. The van der Waals surface area contributed by atoms with Crippen LogP contribution in [-0.4, -0.2) is 11.0 Å². The molecule has 0 amide bonds. The number of thiazole rings is 1. The molecule has 2 aromatic heterocycles. The Labute approximate surface area is 137 Å². The van der Waals surface area contributed by atoms with Crippen molar-refractivity contribution in [3.05, 3.63) is 57.5 Å². The molecule has 0 spiro atoms. The Morgan fingerprint density at radius 2 is 2.23 bits per heavy atom. The van der Waals surface area contributed by atoms with E-state index in [1.165, 1.54) is 29.7 Å². The maximum Gasteiger partial charge on any atom is 0.363 e. The van der Waals surface area contributed by atoms with Gasteiger partial charge in [0.2, 0.25) is 0 Å². The monoisotopic (exact) mass is 381 g/mol. The number of aryl methyl sites for hydroxylation is 1. The first-order chi connectivity index (χ1) is 10.5. The third kappa shape index (κ3) is 2.95. The molecule has 0 atom stereocenters. The third-order valence-corrected chi connectivity index (χ3v) is 4.30. The molecule has 1 aromatic carbocycles. The van der Waals surface area contributed by atoms with E-state index in [-0.39, 0.29) is 11.4 Å². The van der Waals surface area contributed by atoms with Gasteiger partial charge in [0, 0.05) is 9.35 Å². The average Bonchev–Trinajstić information content (AvgIpc) is 3.10. The summed E-state index contributed by atoms with van der Waals surface area (Å²) in [5.41, 5.74) is 0.152. The van der Waals surface area contributed by atoms with Gasteiger partial charge >= 0.3 is 5.97 Å². The Kier molecular flexibility index (Phi) is 4.08. The second-order valence-electron chi connectivity index (χ2n) is 4.37. The fourth-order valence-corrected chi connectivity index (χ4v) is 3.00. The molecule has 4 nitrogen and oxygen atoms in total. The van der Waals surface area contributed by atoms with Crippen LogP contribution < -0.4 is 4.74 Å². The van der Waals surface area contributed by atoms with E-state index < -0.39 is 11.8 Å². The zero-order valence-electron chi connectivity index (χ0n) is 11.3. The van der Waals surface area contributed by atoms with Crippen molar-refractivity contribution in [3.8, 4) is 16.5 Å². The van der Waals surface area contributed by atoms with E-state index in [9.17, 15) is 9.18 Å². The van der Waals surface area contributed by atoms with E-state index in [2.05, 4.69) is 20.9 Å². The predicted molar refractivity (Wildman–Crippen MR) is 83.6 cm³/mol. The zero-order valence-corrected chi connectivity index (χ0v) is 13.7. The van der Waals surface area contributed by atoms with E-state index in [1.54, 1.807) is 25.1 Å². The fraction of sp³-hybridized carbons (Fsp3) is 0.0667. The lowest BCUT2D eigenvalue weighted by Gasteiger charge is -2.04. The number of benzene rings is 1. The van der Waals surface area contributed by atoms with Crippen molar-refractivity contribution in [2.45, 2.75) is 6.92 Å². The lowest BCUT2D eigenvalue weighted by atomic mass is 10.3. The molecule has 22 heavy (non-hydrogen) atoms. The van der Waals surface area contributed by atoms with Gasteiger partial charge in [0.15, 0.2) is 28.0 Å². The van der Waals surface area contributed by atoms with Gasteiger partial charge in [-0.15, -0.1) is 11.3 Å². The van der Waals surface area contributed by atoms with E-state index >= 15 is 0 Å². The molecule has 0 aliphatic carbocycles. The normalized spacial score (nSPS) is 10.7.